The second kappa shape index (κ2) is 11.2. The molecule has 1 fully saturated rings. The van der Waals surface area contributed by atoms with Crippen molar-refractivity contribution in [2.24, 2.45) is 5.73 Å². The number of nitrogens with zero attached hydrogens (tertiary/aromatic N) is 4. The number of carbonyl (C=O) groups excluding carboxylic acids is 2. The third kappa shape index (κ3) is 5.96. The molecule has 1 aliphatic carbocycles. The molecule has 0 unspecified atom stereocenters. The number of carbonyl (C=O) groups is 2. The Hall–Kier alpha value is -4.22. The van der Waals surface area contributed by atoms with Crippen molar-refractivity contribution in [3.63, 3.8) is 0 Å². The molecule has 3 amide bonds. The zero-order chi connectivity index (χ0) is 26.5. The number of nitrogens with two attached hydrogens (primary N) is 1. The summed E-state index contributed by atoms with van der Waals surface area (Å²) < 4.78 is 0. The number of amides is 3. The number of fused-ring (bicyclic) bond motifs is 1. The number of nitrogens with one attached hydrogen (secondary N) is 1. The minimum atomic E-state index is -0.648. The number of aromatic nitrogens is 1. The maximum Gasteiger partial charge on any atom is 0.319 e. The average molecular weight is 497 g/mol. The van der Waals surface area contributed by atoms with Gasteiger partial charge in [0.05, 0.1) is 12.6 Å². The second-order valence-corrected chi connectivity index (χ2v) is 9.76. The molecular weight excluding hydrogens is 464 g/mol. The summed E-state index contributed by atoms with van der Waals surface area (Å²) in [6.07, 6.45) is 4.37. The van der Waals surface area contributed by atoms with E-state index in [0.717, 1.165) is 35.6 Å². The zero-order valence-corrected chi connectivity index (χ0v) is 21.2. The van der Waals surface area contributed by atoms with E-state index in [4.69, 9.17) is 11.0 Å². The Balaban J connectivity index is 1.67. The SMILES string of the molecule is C=C(C#N)CN(C(N)=O)c1ccc2ccc([C@@H]3C[C@@H](N(C)C)CC[C@@H]3NC(=O)c3ccccn3)cc2c1. The Labute approximate surface area is 217 Å². The Bertz CT molecular complexity index is 1350. The van der Waals surface area contributed by atoms with Crippen LogP contribution in [0.3, 0.4) is 0 Å². The predicted octanol–water partition coefficient (Wildman–Crippen LogP) is 4.20. The fraction of sp³-hybridized carbons (Fsp3) is 0.310. The third-order valence-corrected chi connectivity index (χ3v) is 7.13. The van der Waals surface area contributed by atoms with E-state index in [1.807, 2.05) is 30.3 Å². The molecular formula is C29H32N6O2. The molecule has 1 heterocycles. The number of benzene rings is 2. The molecule has 0 spiro atoms. The number of urea groups is 1. The summed E-state index contributed by atoms with van der Waals surface area (Å²) in [5.41, 5.74) is 7.98. The molecule has 8 nitrogen and oxygen atoms in total. The Morgan fingerprint density at radius 1 is 1.14 bits per heavy atom. The van der Waals surface area contributed by atoms with Crippen LogP contribution in [0.4, 0.5) is 10.5 Å². The van der Waals surface area contributed by atoms with E-state index in [1.54, 1.807) is 18.3 Å². The van der Waals surface area contributed by atoms with E-state index in [2.05, 4.69) is 54.1 Å². The molecule has 4 rings (SSSR count). The van der Waals surface area contributed by atoms with Crippen LogP contribution in [0.15, 0.2) is 72.9 Å². The van der Waals surface area contributed by atoms with Gasteiger partial charge in [-0.25, -0.2) is 4.79 Å². The van der Waals surface area contributed by atoms with Gasteiger partial charge in [-0.05, 0) is 74.0 Å². The molecule has 8 heteroatoms. The lowest BCUT2D eigenvalue weighted by molar-refractivity contribution is 0.0898. The Kier molecular flexibility index (Phi) is 7.85. The van der Waals surface area contributed by atoms with E-state index >= 15 is 0 Å². The first-order valence-corrected chi connectivity index (χ1v) is 12.3. The van der Waals surface area contributed by atoms with Crippen LogP contribution in [0.1, 0.15) is 41.2 Å². The van der Waals surface area contributed by atoms with Gasteiger partial charge >= 0.3 is 6.03 Å². The highest BCUT2D eigenvalue weighted by atomic mass is 16.2. The van der Waals surface area contributed by atoms with Crippen LogP contribution in [-0.2, 0) is 0 Å². The van der Waals surface area contributed by atoms with Gasteiger partial charge in [-0.2, -0.15) is 5.26 Å². The minimum Gasteiger partial charge on any atom is -0.351 e. The van der Waals surface area contributed by atoms with Gasteiger partial charge in [-0.3, -0.25) is 14.7 Å². The maximum absolute atomic E-state index is 13.0. The average Bonchev–Trinajstić information content (AvgIpc) is 2.91. The molecule has 190 valence electrons. The number of nitriles is 1. The van der Waals surface area contributed by atoms with Crippen molar-refractivity contribution in [1.82, 2.24) is 15.2 Å². The summed E-state index contributed by atoms with van der Waals surface area (Å²) in [7, 11) is 4.18. The first-order valence-electron chi connectivity index (χ1n) is 12.3. The van der Waals surface area contributed by atoms with Gasteiger partial charge in [0.25, 0.3) is 5.91 Å². The number of anilines is 1. The van der Waals surface area contributed by atoms with Gasteiger partial charge in [0, 0.05) is 35.5 Å². The fourth-order valence-corrected chi connectivity index (χ4v) is 5.07. The predicted molar refractivity (Wildman–Crippen MR) is 145 cm³/mol. The molecule has 0 radical (unpaired) electrons. The smallest absolute Gasteiger partial charge is 0.319 e. The number of hydrogen-bond donors (Lipinski definition) is 2. The lowest BCUT2D eigenvalue weighted by atomic mass is 9.76. The summed E-state index contributed by atoms with van der Waals surface area (Å²) >= 11 is 0. The van der Waals surface area contributed by atoms with Crippen LogP contribution < -0.4 is 16.0 Å². The fourth-order valence-electron chi connectivity index (χ4n) is 5.07. The highest BCUT2D eigenvalue weighted by molar-refractivity contribution is 5.95. The molecule has 3 atom stereocenters. The van der Waals surface area contributed by atoms with Gasteiger partial charge in [0.15, 0.2) is 0 Å². The Morgan fingerprint density at radius 3 is 2.59 bits per heavy atom. The van der Waals surface area contributed by atoms with Crippen LogP contribution >= 0.6 is 0 Å². The van der Waals surface area contributed by atoms with E-state index in [-0.39, 0.29) is 30.0 Å². The molecule has 37 heavy (non-hydrogen) atoms. The van der Waals surface area contributed by atoms with Crippen molar-refractivity contribution in [3.8, 4) is 6.07 Å². The van der Waals surface area contributed by atoms with Crippen molar-refractivity contribution in [2.75, 3.05) is 25.5 Å². The lowest BCUT2D eigenvalue weighted by Gasteiger charge is -2.39. The van der Waals surface area contributed by atoms with Crippen LogP contribution in [0.5, 0.6) is 0 Å². The summed E-state index contributed by atoms with van der Waals surface area (Å²) in [4.78, 5) is 32.9. The highest BCUT2D eigenvalue weighted by Gasteiger charge is 2.34. The third-order valence-electron chi connectivity index (χ3n) is 7.13. The molecule has 0 saturated heterocycles. The summed E-state index contributed by atoms with van der Waals surface area (Å²) in [6.45, 7) is 3.71. The quantitative estimate of drug-likeness (QED) is 0.476. The maximum atomic E-state index is 13.0. The normalized spacial score (nSPS) is 19.2. The molecule has 1 aromatic heterocycles. The molecule has 0 aliphatic heterocycles. The largest absolute Gasteiger partial charge is 0.351 e. The summed E-state index contributed by atoms with van der Waals surface area (Å²) in [6, 6.07) is 19.0. The first-order chi connectivity index (χ1) is 17.8. The topological polar surface area (TPSA) is 115 Å². The summed E-state index contributed by atoms with van der Waals surface area (Å²) in [5, 5.41) is 14.3. The van der Waals surface area contributed by atoms with Gasteiger partial charge in [-0.15, -0.1) is 0 Å². The molecule has 1 saturated carbocycles. The molecule has 2 aromatic carbocycles. The number of pyridine rings is 1. The van der Waals surface area contributed by atoms with Gasteiger partial charge in [0.1, 0.15) is 5.69 Å². The molecule has 3 N–H and O–H groups in total. The number of hydrogen-bond acceptors (Lipinski definition) is 5. The van der Waals surface area contributed by atoms with Gasteiger partial charge in [-0.1, -0.05) is 36.9 Å². The van der Waals surface area contributed by atoms with Gasteiger partial charge < -0.3 is 16.0 Å². The monoisotopic (exact) mass is 496 g/mol. The van der Waals surface area contributed by atoms with E-state index in [1.165, 1.54) is 4.90 Å². The molecule has 0 bridgehead atoms. The van der Waals surface area contributed by atoms with E-state index < -0.39 is 6.03 Å². The van der Waals surface area contributed by atoms with Gasteiger partial charge in [0.2, 0.25) is 0 Å². The van der Waals surface area contributed by atoms with Crippen molar-refractivity contribution >= 4 is 28.4 Å². The van der Waals surface area contributed by atoms with Crippen LogP contribution in [0.25, 0.3) is 10.8 Å². The highest BCUT2D eigenvalue weighted by Crippen LogP contribution is 2.37. The van der Waals surface area contributed by atoms with Crippen molar-refractivity contribution < 1.29 is 9.59 Å². The van der Waals surface area contributed by atoms with E-state index in [0.29, 0.717) is 17.4 Å². The van der Waals surface area contributed by atoms with Crippen molar-refractivity contribution in [3.05, 3.63) is 84.2 Å². The van der Waals surface area contributed by atoms with Crippen molar-refractivity contribution in [2.45, 2.75) is 37.3 Å². The standard InChI is InChI=1S/C29H32N6O2/c1-19(17-30)18-35(29(31)37)24-10-9-20-7-8-21(14-22(20)15-24)25-16-23(34(2)3)11-12-26(25)33-28(36)27-6-4-5-13-32-27/h4-10,13-15,23,25-26H,1,11-12,16,18H2,2-3H3,(H2,31,37)(H,33,36)/t23-,25-,26-/m0/s1. The van der Waals surface area contributed by atoms with Crippen LogP contribution in [0, 0.1) is 11.3 Å². The Morgan fingerprint density at radius 2 is 1.92 bits per heavy atom. The first kappa shape index (κ1) is 25.9. The van der Waals surface area contributed by atoms with Crippen molar-refractivity contribution in [1.29, 1.82) is 5.26 Å². The lowest BCUT2D eigenvalue weighted by Crippen LogP contribution is -2.46. The summed E-state index contributed by atoms with van der Waals surface area (Å²) in [5.74, 6) is -0.0655. The minimum absolute atomic E-state index is 0.0335. The molecule has 3 aromatic rings. The number of primary amides is 1. The number of rotatable bonds is 7. The van der Waals surface area contributed by atoms with Crippen LogP contribution in [0.2, 0.25) is 0 Å². The van der Waals surface area contributed by atoms with E-state index in [9.17, 15) is 9.59 Å². The zero-order valence-electron chi connectivity index (χ0n) is 21.2. The molecule has 1 aliphatic rings. The van der Waals surface area contributed by atoms with Crippen LogP contribution in [-0.4, -0.2) is 54.5 Å². The second-order valence-electron chi connectivity index (χ2n) is 9.76.